The standard InChI is InChI=1S/C21H21P.2BrH/c1-16-4-10-19(11-5-16)22(20-12-6-17(2)7-13-20)21-14-8-18(3)9-15-21;;/h4-15H,1-3H3;2*1H. The van der Waals surface area contributed by atoms with Crippen molar-refractivity contribution in [3.05, 3.63) is 89.5 Å². The summed E-state index contributed by atoms with van der Waals surface area (Å²) in [5.74, 6) is 0. The number of hydrogen-bond acceptors (Lipinski definition) is 0. The number of hydrogen-bond donors (Lipinski definition) is 0. The zero-order chi connectivity index (χ0) is 15.5. The number of rotatable bonds is 3. The Balaban J connectivity index is 0.00000144. The third kappa shape index (κ3) is 5.02. The van der Waals surface area contributed by atoms with Crippen LogP contribution in [0.4, 0.5) is 0 Å². The van der Waals surface area contributed by atoms with Crippen LogP contribution in [0.15, 0.2) is 72.8 Å². The lowest BCUT2D eigenvalue weighted by molar-refractivity contribution is 1.48. The minimum Gasteiger partial charge on any atom is -0.114 e. The summed E-state index contributed by atoms with van der Waals surface area (Å²) >= 11 is 0. The van der Waals surface area contributed by atoms with Gasteiger partial charge < -0.3 is 0 Å². The van der Waals surface area contributed by atoms with Gasteiger partial charge in [0, 0.05) is 0 Å². The highest BCUT2D eigenvalue weighted by Crippen LogP contribution is 2.32. The highest BCUT2D eigenvalue weighted by Gasteiger charge is 2.16. The summed E-state index contributed by atoms with van der Waals surface area (Å²) in [4.78, 5) is 0. The summed E-state index contributed by atoms with van der Waals surface area (Å²) in [6.45, 7) is 6.43. The van der Waals surface area contributed by atoms with Crippen LogP contribution in [-0.4, -0.2) is 0 Å². The summed E-state index contributed by atoms with van der Waals surface area (Å²) in [7, 11) is -0.483. The Labute approximate surface area is 167 Å². The third-order valence-electron chi connectivity index (χ3n) is 3.88. The van der Waals surface area contributed by atoms with Crippen molar-refractivity contribution in [1.82, 2.24) is 0 Å². The molecular weight excluding hydrogens is 443 g/mol. The first-order valence-electron chi connectivity index (χ1n) is 7.63. The molecule has 3 aromatic rings. The van der Waals surface area contributed by atoms with Crippen molar-refractivity contribution in [2.45, 2.75) is 20.8 Å². The minimum atomic E-state index is -0.483. The van der Waals surface area contributed by atoms with Crippen molar-refractivity contribution in [2.75, 3.05) is 0 Å². The molecule has 24 heavy (non-hydrogen) atoms. The van der Waals surface area contributed by atoms with Gasteiger partial charge in [0.15, 0.2) is 0 Å². The van der Waals surface area contributed by atoms with Crippen molar-refractivity contribution >= 4 is 57.8 Å². The average molecular weight is 466 g/mol. The zero-order valence-electron chi connectivity index (χ0n) is 14.2. The first-order chi connectivity index (χ1) is 10.6. The first kappa shape index (κ1) is 21.1. The normalized spacial score (nSPS) is 10.0. The molecule has 0 fully saturated rings. The minimum absolute atomic E-state index is 0. The second-order valence-corrected chi connectivity index (χ2v) is 8.06. The van der Waals surface area contributed by atoms with Crippen molar-refractivity contribution in [2.24, 2.45) is 0 Å². The van der Waals surface area contributed by atoms with Crippen LogP contribution >= 0.6 is 41.9 Å². The van der Waals surface area contributed by atoms with Crippen molar-refractivity contribution in [3.8, 4) is 0 Å². The van der Waals surface area contributed by atoms with Gasteiger partial charge >= 0.3 is 0 Å². The summed E-state index contributed by atoms with van der Waals surface area (Å²) < 4.78 is 0. The number of halogens is 2. The second-order valence-electron chi connectivity index (χ2n) is 5.84. The molecule has 0 aliphatic carbocycles. The molecule has 0 nitrogen and oxygen atoms in total. The van der Waals surface area contributed by atoms with Gasteiger partial charge in [0.05, 0.1) is 0 Å². The highest BCUT2D eigenvalue weighted by atomic mass is 79.9. The Morgan fingerprint density at radius 2 is 0.625 bits per heavy atom. The second kappa shape index (κ2) is 9.51. The Hall–Kier alpha value is -0.950. The van der Waals surface area contributed by atoms with Crippen LogP contribution in [-0.2, 0) is 0 Å². The molecule has 0 N–H and O–H groups in total. The van der Waals surface area contributed by atoms with Crippen LogP contribution in [0.2, 0.25) is 0 Å². The van der Waals surface area contributed by atoms with E-state index in [1.807, 2.05) is 0 Å². The lowest BCUT2D eigenvalue weighted by Crippen LogP contribution is -2.20. The molecule has 0 aliphatic rings. The molecule has 0 amide bonds. The molecule has 0 aliphatic heterocycles. The van der Waals surface area contributed by atoms with Gasteiger partial charge in [0.2, 0.25) is 0 Å². The highest BCUT2D eigenvalue weighted by molar-refractivity contribution is 8.93. The monoisotopic (exact) mass is 464 g/mol. The largest absolute Gasteiger partial charge is 0.114 e. The Morgan fingerprint density at radius 3 is 0.833 bits per heavy atom. The first-order valence-corrected chi connectivity index (χ1v) is 8.98. The maximum Gasteiger partial charge on any atom is -0.0134 e. The average Bonchev–Trinajstić information content (AvgIpc) is 2.53. The molecule has 3 aromatic carbocycles. The van der Waals surface area contributed by atoms with Gasteiger partial charge in [0.25, 0.3) is 0 Å². The lowest BCUT2D eigenvalue weighted by atomic mass is 10.2. The van der Waals surface area contributed by atoms with Crippen LogP contribution < -0.4 is 15.9 Å². The van der Waals surface area contributed by atoms with Crippen LogP contribution in [0, 0.1) is 20.8 Å². The molecule has 0 radical (unpaired) electrons. The van der Waals surface area contributed by atoms with E-state index in [2.05, 4.69) is 93.6 Å². The zero-order valence-corrected chi connectivity index (χ0v) is 18.5. The fraction of sp³-hybridized carbons (Fsp3) is 0.143. The number of benzene rings is 3. The van der Waals surface area contributed by atoms with E-state index >= 15 is 0 Å². The topological polar surface area (TPSA) is 0 Å². The molecule has 0 saturated heterocycles. The van der Waals surface area contributed by atoms with Crippen LogP contribution in [0.25, 0.3) is 0 Å². The maximum absolute atomic E-state index is 2.28. The fourth-order valence-electron chi connectivity index (χ4n) is 2.53. The molecule has 0 heterocycles. The van der Waals surface area contributed by atoms with Crippen molar-refractivity contribution in [3.63, 3.8) is 0 Å². The van der Waals surface area contributed by atoms with Gasteiger partial charge in [-0.3, -0.25) is 0 Å². The third-order valence-corrected chi connectivity index (χ3v) is 6.32. The molecule has 3 rings (SSSR count). The Morgan fingerprint density at radius 1 is 0.417 bits per heavy atom. The lowest BCUT2D eigenvalue weighted by Gasteiger charge is -2.20. The summed E-state index contributed by atoms with van der Waals surface area (Å²) in [5, 5.41) is 4.23. The van der Waals surface area contributed by atoms with E-state index in [1.165, 1.54) is 32.6 Å². The van der Waals surface area contributed by atoms with Gasteiger partial charge in [-0.15, -0.1) is 34.0 Å². The van der Waals surface area contributed by atoms with Gasteiger partial charge in [-0.1, -0.05) is 89.5 Å². The van der Waals surface area contributed by atoms with E-state index in [1.54, 1.807) is 0 Å². The van der Waals surface area contributed by atoms with Crippen molar-refractivity contribution < 1.29 is 0 Å². The van der Waals surface area contributed by atoms with Crippen LogP contribution in [0.5, 0.6) is 0 Å². The summed E-state index contributed by atoms with van der Waals surface area (Å²) in [5.41, 5.74) is 3.93. The Kier molecular flexibility index (Phi) is 8.36. The molecule has 0 bridgehead atoms. The van der Waals surface area contributed by atoms with E-state index in [9.17, 15) is 0 Å². The summed E-state index contributed by atoms with van der Waals surface area (Å²) in [6, 6.07) is 27.0. The number of aryl methyl sites for hydroxylation is 3. The fourth-order valence-corrected chi connectivity index (χ4v) is 4.76. The van der Waals surface area contributed by atoms with Crippen LogP contribution in [0.3, 0.4) is 0 Å². The van der Waals surface area contributed by atoms with Gasteiger partial charge in [-0.25, -0.2) is 0 Å². The van der Waals surface area contributed by atoms with Crippen molar-refractivity contribution in [1.29, 1.82) is 0 Å². The van der Waals surface area contributed by atoms with Gasteiger partial charge in [-0.2, -0.15) is 0 Å². The molecule has 0 saturated carbocycles. The Bertz CT molecular complexity index is 639. The molecule has 0 unspecified atom stereocenters. The molecular formula is C21H23Br2P. The molecule has 0 aromatic heterocycles. The van der Waals surface area contributed by atoms with E-state index in [0.717, 1.165) is 0 Å². The predicted octanol–water partition coefficient (Wildman–Crippen LogP) is 5.53. The maximum atomic E-state index is 2.28. The molecule has 0 spiro atoms. The van der Waals surface area contributed by atoms with E-state index in [-0.39, 0.29) is 34.0 Å². The van der Waals surface area contributed by atoms with E-state index in [0.29, 0.717) is 0 Å². The van der Waals surface area contributed by atoms with E-state index in [4.69, 9.17) is 0 Å². The van der Waals surface area contributed by atoms with Crippen LogP contribution in [0.1, 0.15) is 16.7 Å². The smallest absolute Gasteiger partial charge is 0.0134 e. The summed E-state index contributed by atoms with van der Waals surface area (Å²) in [6.07, 6.45) is 0. The molecule has 3 heteroatoms. The predicted molar refractivity (Wildman–Crippen MR) is 120 cm³/mol. The molecule has 0 atom stereocenters. The van der Waals surface area contributed by atoms with Gasteiger partial charge in [0.1, 0.15) is 0 Å². The van der Waals surface area contributed by atoms with Gasteiger partial charge in [-0.05, 0) is 44.6 Å². The van der Waals surface area contributed by atoms with E-state index < -0.39 is 7.92 Å². The SMILES string of the molecule is Br.Br.Cc1ccc(P(c2ccc(C)cc2)c2ccc(C)cc2)cc1. The molecule has 126 valence electrons. The quantitative estimate of drug-likeness (QED) is 0.446.